The summed E-state index contributed by atoms with van der Waals surface area (Å²) < 4.78 is 5.39. The third-order valence-corrected chi connectivity index (χ3v) is 4.98. The number of nitrogens with zero attached hydrogens (tertiary/aromatic N) is 1. The topological polar surface area (TPSA) is 41.6 Å². The summed E-state index contributed by atoms with van der Waals surface area (Å²) in [5, 5.41) is 3.03. The van der Waals surface area contributed by atoms with Crippen LogP contribution in [0.1, 0.15) is 15.9 Å². The van der Waals surface area contributed by atoms with Crippen LogP contribution in [-0.4, -0.2) is 37.1 Å². The Bertz CT molecular complexity index is 917. The maximum Gasteiger partial charge on any atom is 0.256 e. The highest BCUT2D eigenvalue weighted by Crippen LogP contribution is 2.24. The van der Waals surface area contributed by atoms with Gasteiger partial charge in [0, 0.05) is 30.9 Å². The van der Waals surface area contributed by atoms with Gasteiger partial charge in [-0.1, -0.05) is 60.7 Å². The zero-order chi connectivity index (χ0) is 19.2. The molecule has 1 N–H and O–H groups in total. The molecule has 1 aliphatic heterocycles. The molecule has 0 aliphatic carbocycles. The van der Waals surface area contributed by atoms with E-state index in [0.29, 0.717) is 5.56 Å². The molecule has 4 rings (SSSR count). The molecule has 142 valence electrons. The number of benzene rings is 3. The van der Waals surface area contributed by atoms with Crippen molar-refractivity contribution < 1.29 is 9.53 Å². The first-order chi connectivity index (χ1) is 13.8. The molecule has 4 heteroatoms. The van der Waals surface area contributed by atoms with Gasteiger partial charge in [0.15, 0.2) is 0 Å². The Hall–Kier alpha value is -2.95. The lowest BCUT2D eigenvalue weighted by Crippen LogP contribution is -2.35. The van der Waals surface area contributed by atoms with E-state index in [1.807, 2.05) is 66.7 Å². The zero-order valence-electron chi connectivity index (χ0n) is 15.8. The Morgan fingerprint density at radius 3 is 2.29 bits per heavy atom. The second-order valence-electron chi connectivity index (χ2n) is 6.95. The summed E-state index contributed by atoms with van der Waals surface area (Å²) in [6.07, 6.45) is 0. The first kappa shape index (κ1) is 18.4. The van der Waals surface area contributed by atoms with Crippen molar-refractivity contribution in [2.24, 2.45) is 0 Å². The zero-order valence-corrected chi connectivity index (χ0v) is 15.8. The van der Waals surface area contributed by atoms with Crippen LogP contribution in [0.5, 0.6) is 0 Å². The van der Waals surface area contributed by atoms with E-state index in [4.69, 9.17) is 4.74 Å². The largest absolute Gasteiger partial charge is 0.379 e. The molecule has 0 unspecified atom stereocenters. The standard InChI is InChI=1S/C24H24N2O2/c27-24(23-9-5-4-8-22(23)20-6-2-1-3-7-20)25-21-12-10-19(11-13-21)18-26-14-16-28-17-15-26/h1-13H,14-18H2,(H,25,27). The van der Waals surface area contributed by atoms with E-state index in [2.05, 4.69) is 22.3 Å². The van der Waals surface area contributed by atoms with Crippen LogP contribution in [0.2, 0.25) is 0 Å². The van der Waals surface area contributed by atoms with E-state index in [1.165, 1.54) is 5.56 Å². The van der Waals surface area contributed by atoms with Crippen molar-refractivity contribution in [3.05, 3.63) is 90.0 Å². The van der Waals surface area contributed by atoms with Crippen molar-refractivity contribution in [3.8, 4) is 11.1 Å². The van der Waals surface area contributed by atoms with Crippen molar-refractivity contribution in [1.29, 1.82) is 0 Å². The van der Waals surface area contributed by atoms with Gasteiger partial charge in [-0.3, -0.25) is 9.69 Å². The molecule has 3 aromatic rings. The Labute approximate surface area is 165 Å². The Kier molecular flexibility index (Phi) is 5.80. The van der Waals surface area contributed by atoms with Crippen molar-refractivity contribution in [2.75, 3.05) is 31.6 Å². The number of rotatable bonds is 5. The van der Waals surface area contributed by atoms with Gasteiger partial charge in [0.05, 0.1) is 13.2 Å². The van der Waals surface area contributed by atoms with Gasteiger partial charge in [-0.05, 0) is 34.9 Å². The lowest BCUT2D eigenvalue weighted by Gasteiger charge is -2.26. The number of carbonyl (C=O) groups excluding carboxylic acids is 1. The van der Waals surface area contributed by atoms with Gasteiger partial charge in [0.1, 0.15) is 0 Å². The second kappa shape index (κ2) is 8.83. The Morgan fingerprint density at radius 2 is 1.54 bits per heavy atom. The van der Waals surface area contributed by atoms with E-state index in [1.54, 1.807) is 0 Å². The number of hydrogen-bond donors (Lipinski definition) is 1. The fourth-order valence-corrected chi connectivity index (χ4v) is 3.46. The third kappa shape index (κ3) is 4.47. The molecular weight excluding hydrogens is 348 g/mol. The summed E-state index contributed by atoms with van der Waals surface area (Å²) in [7, 11) is 0. The van der Waals surface area contributed by atoms with Gasteiger partial charge in [0.2, 0.25) is 0 Å². The number of nitrogens with one attached hydrogen (secondary N) is 1. The van der Waals surface area contributed by atoms with Gasteiger partial charge in [-0.15, -0.1) is 0 Å². The highest BCUT2D eigenvalue weighted by molar-refractivity contribution is 6.08. The van der Waals surface area contributed by atoms with Crippen LogP contribution in [0, 0.1) is 0 Å². The van der Waals surface area contributed by atoms with E-state index in [9.17, 15) is 4.79 Å². The number of anilines is 1. The number of carbonyl (C=O) groups is 1. The van der Waals surface area contributed by atoms with Gasteiger partial charge in [-0.2, -0.15) is 0 Å². The SMILES string of the molecule is O=C(Nc1ccc(CN2CCOCC2)cc1)c1ccccc1-c1ccccc1. The minimum Gasteiger partial charge on any atom is -0.379 e. The van der Waals surface area contributed by atoms with E-state index >= 15 is 0 Å². The summed E-state index contributed by atoms with van der Waals surface area (Å²) in [6, 6.07) is 25.8. The van der Waals surface area contributed by atoms with Gasteiger partial charge < -0.3 is 10.1 Å². The molecule has 1 saturated heterocycles. The van der Waals surface area contributed by atoms with E-state index in [-0.39, 0.29) is 5.91 Å². The minimum atomic E-state index is -0.0969. The lowest BCUT2D eigenvalue weighted by atomic mass is 9.99. The van der Waals surface area contributed by atoms with Crippen LogP contribution >= 0.6 is 0 Å². The second-order valence-corrected chi connectivity index (χ2v) is 6.95. The van der Waals surface area contributed by atoms with Crippen LogP contribution < -0.4 is 5.32 Å². The third-order valence-electron chi connectivity index (χ3n) is 4.98. The summed E-state index contributed by atoms with van der Waals surface area (Å²) in [5.74, 6) is -0.0969. The lowest BCUT2D eigenvalue weighted by molar-refractivity contribution is 0.0342. The number of ether oxygens (including phenoxy) is 1. The molecule has 0 radical (unpaired) electrons. The van der Waals surface area contributed by atoms with Crippen LogP contribution in [0.15, 0.2) is 78.9 Å². The summed E-state index contributed by atoms with van der Waals surface area (Å²) >= 11 is 0. The van der Waals surface area contributed by atoms with Crippen LogP contribution in [0.4, 0.5) is 5.69 Å². The van der Waals surface area contributed by atoms with Crippen molar-refractivity contribution in [1.82, 2.24) is 4.90 Å². The molecule has 0 spiro atoms. The van der Waals surface area contributed by atoms with Crippen molar-refractivity contribution in [3.63, 3.8) is 0 Å². The molecule has 0 atom stereocenters. The van der Waals surface area contributed by atoms with E-state index in [0.717, 1.165) is 49.7 Å². The molecule has 1 fully saturated rings. The summed E-state index contributed by atoms with van der Waals surface area (Å²) in [4.78, 5) is 15.3. The highest BCUT2D eigenvalue weighted by Gasteiger charge is 2.13. The van der Waals surface area contributed by atoms with Gasteiger partial charge in [-0.25, -0.2) is 0 Å². The molecule has 0 saturated carbocycles. The fraction of sp³-hybridized carbons (Fsp3) is 0.208. The predicted octanol–water partition coefficient (Wildman–Crippen LogP) is 4.44. The maximum atomic E-state index is 12.9. The molecular formula is C24H24N2O2. The van der Waals surface area contributed by atoms with Gasteiger partial charge >= 0.3 is 0 Å². The summed E-state index contributed by atoms with van der Waals surface area (Å²) in [6.45, 7) is 4.45. The number of morpholine rings is 1. The normalized spacial score (nSPS) is 14.6. The molecule has 3 aromatic carbocycles. The van der Waals surface area contributed by atoms with Crippen LogP contribution in [0.3, 0.4) is 0 Å². The van der Waals surface area contributed by atoms with Crippen molar-refractivity contribution in [2.45, 2.75) is 6.54 Å². The predicted molar refractivity (Wildman–Crippen MR) is 112 cm³/mol. The first-order valence-electron chi connectivity index (χ1n) is 9.64. The summed E-state index contributed by atoms with van der Waals surface area (Å²) in [5.41, 5.74) is 4.69. The molecule has 28 heavy (non-hydrogen) atoms. The molecule has 0 aromatic heterocycles. The first-order valence-corrected chi connectivity index (χ1v) is 9.64. The molecule has 1 amide bonds. The van der Waals surface area contributed by atoms with E-state index < -0.39 is 0 Å². The molecule has 0 bridgehead atoms. The Balaban J connectivity index is 1.45. The maximum absolute atomic E-state index is 12.9. The monoisotopic (exact) mass is 372 g/mol. The molecule has 4 nitrogen and oxygen atoms in total. The van der Waals surface area contributed by atoms with Crippen LogP contribution in [0.25, 0.3) is 11.1 Å². The van der Waals surface area contributed by atoms with Gasteiger partial charge in [0.25, 0.3) is 5.91 Å². The average Bonchev–Trinajstić information content (AvgIpc) is 2.76. The quantitative estimate of drug-likeness (QED) is 0.720. The number of amides is 1. The fourth-order valence-electron chi connectivity index (χ4n) is 3.46. The average molecular weight is 372 g/mol. The smallest absolute Gasteiger partial charge is 0.256 e. The molecule has 1 aliphatic rings. The minimum absolute atomic E-state index is 0.0969. The van der Waals surface area contributed by atoms with Crippen LogP contribution in [-0.2, 0) is 11.3 Å². The number of hydrogen-bond acceptors (Lipinski definition) is 3. The Morgan fingerprint density at radius 1 is 0.857 bits per heavy atom. The highest BCUT2D eigenvalue weighted by atomic mass is 16.5. The van der Waals surface area contributed by atoms with Crippen molar-refractivity contribution >= 4 is 11.6 Å². The molecule has 1 heterocycles.